The van der Waals surface area contributed by atoms with Gasteiger partial charge in [0.05, 0.1) is 13.3 Å². The van der Waals surface area contributed by atoms with Gasteiger partial charge in [0.1, 0.15) is 0 Å². The zero-order valence-corrected chi connectivity index (χ0v) is 11.5. The second kappa shape index (κ2) is 6.55. The second-order valence-electron chi connectivity index (χ2n) is 4.26. The molecule has 7 nitrogen and oxygen atoms in total. The highest BCUT2D eigenvalue weighted by molar-refractivity contribution is 5.73. The second-order valence-corrected chi connectivity index (χ2v) is 4.26. The summed E-state index contributed by atoms with van der Waals surface area (Å²) in [6.07, 6.45) is 5.21. The topological polar surface area (TPSA) is 81.1 Å². The molecule has 0 aromatic carbocycles. The number of ether oxygens (including phenoxy) is 1. The molecule has 0 aliphatic rings. The van der Waals surface area contributed by atoms with Gasteiger partial charge in [-0.1, -0.05) is 0 Å². The van der Waals surface area contributed by atoms with Crippen LogP contribution in [0.4, 0.5) is 4.79 Å². The van der Waals surface area contributed by atoms with E-state index in [1.807, 2.05) is 19.3 Å². The summed E-state index contributed by atoms with van der Waals surface area (Å²) in [4.78, 5) is 15.7. The zero-order chi connectivity index (χ0) is 14.4. The Labute approximate surface area is 117 Å². The molecule has 0 unspecified atom stereocenters. The number of hydrogen-bond acceptors (Lipinski definition) is 4. The van der Waals surface area contributed by atoms with Crippen LogP contribution in [0.2, 0.25) is 0 Å². The van der Waals surface area contributed by atoms with Crippen molar-refractivity contribution in [1.82, 2.24) is 25.4 Å². The van der Waals surface area contributed by atoms with Crippen LogP contribution in [-0.4, -0.2) is 27.9 Å². The fraction of sp³-hybridized carbons (Fsp3) is 0.308. The molecule has 0 aliphatic carbocycles. The molecule has 0 aliphatic heterocycles. The standard InChI is InChI=1S/C13H17N5O2/c1-18-9-11(8-17-18)7-16-13(19)15-6-10-3-4-14-12(5-10)20-2/h3-5,8-9H,6-7H2,1-2H3,(H2,15,16,19). The van der Waals surface area contributed by atoms with Gasteiger partial charge in [-0.25, -0.2) is 9.78 Å². The molecule has 0 fully saturated rings. The highest BCUT2D eigenvalue weighted by Crippen LogP contribution is 2.07. The molecule has 2 aromatic rings. The summed E-state index contributed by atoms with van der Waals surface area (Å²) in [5.74, 6) is 0.528. The molecule has 20 heavy (non-hydrogen) atoms. The van der Waals surface area contributed by atoms with Crippen molar-refractivity contribution in [2.24, 2.45) is 7.05 Å². The van der Waals surface area contributed by atoms with Crippen LogP contribution in [0.1, 0.15) is 11.1 Å². The van der Waals surface area contributed by atoms with Gasteiger partial charge < -0.3 is 15.4 Å². The van der Waals surface area contributed by atoms with Gasteiger partial charge in [0.15, 0.2) is 0 Å². The SMILES string of the molecule is COc1cc(CNC(=O)NCc2cnn(C)c2)ccn1. The quantitative estimate of drug-likeness (QED) is 0.846. The number of nitrogens with zero attached hydrogens (tertiary/aromatic N) is 3. The summed E-state index contributed by atoms with van der Waals surface area (Å²) < 4.78 is 6.71. The summed E-state index contributed by atoms with van der Waals surface area (Å²) in [6, 6.07) is 3.37. The highest BCUT2D eigenvalue weighted by Gasteiger charge is 2.03. The normalized spacial score (nSPS) is 10.1. The molecule has 0 bridgehead atoms. The third kappa shape index (κ3) is 3.98. The first-order chi connectivity index (χ1) is 9.67. The van der Waals surface area contributed by atoms with E-state index < -0.39 is 0 Å². The lowest BCUT2D eigenvalue weighted by Crippen LogP contribution is -2.34. The van der Waals surface area contributed by atoms with Gasteiger partial charge in [-0.3, -0.25) is 4.68 Å². The van der Waals surface area contributed by atoms with Crippen LogP contribution >= 0.6 is 0 Å². The molecule has 7 heteroatoms. The van der Waals surface area contributed by atoms with Crippen LogP contribution in [0.25, 0.3) is 0 Å². The number of nitrogens with one attached hydrogen (secondary N) is 2. The Hall–Kier alpha value is -2.57. The molecule has 2 rings (SSSR count). The largest absolute Gasteiger partial charge is 0.481 e. The predicted octanol–water partition coefficient (Wildman–Crippen LogP) is 0.823. The number of aryl methyl sites for hydroxylation is 1. The van der Waals surface area contributed by atoms with Gasteiger partial charge in [0.25, 0.3) is 0 Å². The molecule has 2 aromatic heterocycles. The fourth-order valence-corrected chi connectivity index (χ4v) is 1.66. The summed E-state index contributed by atoms with van der Waals surface area (Å²) in [7, 11) is 3.39. The molecule has 0 spiro atoms. The molecule has 2 heterocycles. The van der Waals surface area contributed by atoms with E-state index in [9.17, 15) is 4.79 Å². The van der Waals surface area contributed by atoms with Crippen molar-refractivity contribution in [3.05, 3.63) is 41.9 Å². The smallest absolute Gasteiger partial charge is 0.315 e. The van der Waals surface area contributed by atoms with Crippen molar-refractivity contribution in [1.29, 1.82) is 0 Å². The van der Waals surface area contributed by atoms with E-state index in [-0.39, 0.29) is 6.03 Å². The van der Waals surface area contributed by atoms with Crippen molar-refractivity contribution in [2.45, 2.75) is 13.1 Å². The van der Waals surface area contributed by atoms with Crippen LogP contribution in [0.5, 0.6) is 5.88 Å². The first-order valence-corrected chi connectivity index (χ1v) is 6.15. The lowest BCUT2D eigenvalue weighted by atomic mass is 10.2. The number of methoxy groups -OCH3 is 1. The Morgan fingerprint density at radius 3 is 2.75 bits per heavy atom. The molecular formula is C13H17N5O2. The number of pyridine rings is 1. The Morgan fingerprint density at radius 1 is 1.35 bits per heavy atom. The average Bonchev–Trinajstić information content (AvgIpc) is 2.89. The summed E-state index contributed by atoms with van der Waals surface area (Å²) in [6.45, 7) is 0.858. The number of carbonyl (C=O) groups excluding carboxylic acids is 1. The fourth-order valence-electron chi connectivity index (χ4n) is 1.66. The minimum atomic E-state index is -0.232. The van der Waals surface area contributed by atoms with Crippen molar-refractivity contribution < 1.29 is 9.53 Å². The maximum absolute atomic E-state index is 11.7. The number of urea groups is 1. The van der Waals surface area contributed by atoms with Crippen molar-refractivity contribution in [3.63, 3.8) is 0 Å². The third-order valence-corrected chi connectivity index (χ3v) is 2.67. The van der Waals surface area contributed by atoms with E-state index in [0.717, 1.165) is 11.1 Å². The number of hydrogen-bond donors (Lipinski definition) is 2. The van der Waals surface area contributed by atoms with E-state index in [4.69, 9.17) is 4.74 Å². The van der Waals surface area contributed by atoms with Gasteiger partial charge in [0.2, 0.25) is 5.88 Å². The zero-order valence-electron chi connectivity index (χ0n) is 11.5. The van der Waals surface area contributed by atoms with Crippen molar-refractivity contribution in [3.8, 4) is 5.88 Å². The van der Waals surface area contributed by atoms with Crippen LogP contribution in [0.15, 0.2) is 30.7 Å². The lowest BCUT2D eigenvalue weighted by Gasteiger charge is -2.07. The van der Waals surface area contributed by atoms with Crippen molar-refractivity contribution in [2.75, 3.05) is 7.11 Å². The Kier molecular flexibility index (Phi) is 4.54. The molecule has 0 saturated heterocycles. The van der Waals surface area contributed by atoms with Crippen molar-refractivity contribution >= 4 is 6.03 Å². The summed E-state index contributed by atoms with van der Waals surface area (Å²) in [5, 5.41) is 9.56. The molecular weight excluding hydrogens is 258 g/mol. The van der Waals surface area contributed by atoms with E-state index in [1.165, 1.54) is 0 Å². The van der Waals surface area contributed by atoms with Gasteiger partial charge in [-0.05, 0) is 11.6 Å². The van der Waals surface area contributed by atoms with E-state index >= 15 is 0 Å². The van der Waals surface area contributed by atoms with E-state index in [1.54, 1.807) is 30.3 Å². The highest BCUT2D eigenvalue weighted by atomic mass is 16.5. The molecule has 0 radical (unpaired) electrons. The van der Waals surface area contributed by atoms with Gasteiger partial charge in [0, 0.05) is 44.2 Å². The molecule has 106 valence electrons. The molecule has 2 amide bonds. The third-order valence-electron chi connectivity index (χ3n) is 2.67. The van der Waals surface area contributed by atoms with Crippen LogP contribution < -0.4 is 15.4 Å². The lowest BCUT2D eigenvalue weighted by molar-refractivity contribution is 0.240. The minimum Gasteiger partial charge on any atom is -0.481 e. The maximum Gasteiger partial charge on any atom is 0.315 e. The van der Waals surface area contributed by atoms with Gasteiger partial charge >= 0.3 is 6.03 Å². The van der Waals surface area contributed by atoms with Gasteiger partial charge in [-0.2, -0.15) is 5.10 Å². The number of rotatable bonds is 5. The number of amides is 2. The first kappa shape index (κ1) is 13.9. The summed E-state index contributed by atoms with van der Waals surface area (Å²) >= 11 is 0. The number of aromatic nitrogens is 3. The van der Waals surface area contributed by atoms with Crippen LogP contribution in [0.3, 0.4) is 0 Å². The van der Waals surface area contributed by atoms with E-state index in [2.05, 4.69) is 20.7 Å². The maximum atomic E-state index is 11.7. The van der Waals surface area contributed by atoms with E-state index in [0.29, 0.717) is 19.0 Å². The van der Waals surface area contributed by atoms with Crippen LogP contribution in [-0.2, 0) is 20.1 Å². The van der Waals surface area contributed by atoms with Gasteiger partial charge in [-0.15, -0.1) is 0 Å². The Morgan fingerprint density at radius 2 is 2.10 bits per heavy atom. The molecule has 0 saturated carbocycles. The average molecular weight is 275 g/mol. The van der Waals surface area contributed by atoms with Crippen LogP contribution in [0, 0.1) is 0 Å². The number of carbonyl (C=O) groups is 1. The first-order valence-electron chi connectivity index (χ1n) is 6.15. The molecule has 2 N–H and O–H groups in total. The summed E-state index contributed by atoms with van der Waals surface area (Å²) in [5.41, 5.74) is 1.88. The Balaban J connectivity index is 1.77. The predicted molar refractivity (Wildman–Crippen MR) is 73.1 cm³/mol. The minimum absolute atomic E-state index is 0.232. The molecule has 0 atom stereocenters. The Bertz CT molecular complexity index is 582. The monoisotopic (exact) mass is 275 g/mol.